The maximum absolute atomic E-state index is 9.77. The lowest BCUT2D eigenvalue weighted by Crippen LogP contribution is -2.27. The number of hydrogen-bond donors (Lipinski definition) is 3. The second kappa shape index (κ2) is 3.75. The Morgan fingerprint density at radius 1 is 1.67 bits per heavy atom. The zero-order valence-electron chi connectivity index (χ0n) is 4.57. The summed E-state index contributed by atoms with van der Waals surface area (Å²) < 4.78 is 31.3. The first-order chi connectivity index (χ1) is 4.06. The van der Waals surface area contributed by atoms with Gasteiger partial charge in [0.15, 0.2) is 0 Å². The highest BCUT2D eigenvalue weighted by Crippen LogP contribution is 1.81. The molecule has 0 bridgehead atoms. The number of nitrogens with one attached hydrogen (secondary N) is 1. The average Bonchev–Trinajstić information content (AvgIpc) is 1.63. The molecule has 0 heterocycles. The Labute approximate surface area is 52.9 Å². The molecule has 9 heavy (non-hydrogen) atoms. The molecule has 7 heteroatoms. The molecule has 0 rings (SSSR count). The van der Waals surface area contributed by atoms with Gasteiger partial charge in [-0.25, -0.2) is 4.18 Å². The van der Waals surface area contributed by atoms with Gasteiger partial charge in [-0.05, 0) is 0 Å². The van der Waals surface area contributed by atoms with Crippen LogP contribution in [0.1, 0.15) is 0 Å². The molecule has 0 aliphatic heterocycles. The summed E-state index contributed by atoms with van der Waals surface area (Å²) in [5.74, 6) is 4.75. The summed E-state index contributed by atoms with van der Waals surface area (Å²) in [5, 5.41) is 0. The van der Waals surface area contributed by atoms with E-state index < -0.39 is 10.4 Å². The quantitative estimate of drug-likeness (QED) is 0.193. The van der Waals surface area contributed by atoms with Gasteiger partial charge in [-0.15, -0.1) is 0 Å². The van der Waals surface area contributed by atoms with Gasteiger partial charge in [-0.3, -0.25) is 15.8 Å². The summed E-state index contributed by atoms with van der Waals surface area (Å²) >= 11 is 0. The van der Waals surface area contributed by atoms with Crippen molar-refractivity contribution in [1.29, 1.82) is 0 Å². The van der Waals surface area contributed by atoms with Crippen LogP contribution in [0.3, 0.4) is 0 Å². The van der Waals surface area contributed by atoms with Crippen molar-refractivity contribution in [2.45, 2.75) is 0 Å². The summed E-state index contributed by atoms with van der Waals surface area (Å²) in [4.78, 5) is 0. The Hall–Kier alpha value is -0.210. The lowest BCUT2D eigenvalue weighted by Gasteiger charge is -1.96. The van der Waals surface area contributed by atoms with Crippen LogP contribution in [0.4, 0.5) is 0 Å². The molecule has 0 saturated heterocycles. The van der Waals surface area contributed by atoms with Gasteiger partial charge in [0.1, 0.15) is 0 Å². The number of hydrogen-bond acceptors (Lipinski definition) is 5. The van der Waals surface area contributed by atoms with E-state index in [1.807, 2.05) is 0 Å². The molecule has 0 atom stereocenters. The highest BCUT2D eigenvalue weighted by Gasteiger charge is 2.01. The molecule has 0 fully saturated rings. The van der Waals surface area contributed by atoms with Crippen LogP contribution in [0.5, 0.6) is 0 Å². The molecule has 0 radical (unpaired) electrons. The van der Waals surface area contributed by atoms with Crippen LogP contribution in [0, 0.1) is 0 Å². The van der Waals surface area contributed by atoms with Crippen molar-refractivity contribution >= 4 is 10.4 Å². The van der Waals surface area contributed by atoms with Crippen molar-refractivity contribution in [2.75, 3.05) is 13.2 Å². The van der Waals surface area contributed by atoms with E-state index in [0.29, 0.717) is 0 Å². The van der Waals surface area contributed by atoms with Gasteiger partial charge in [0.2, 0.25) is 0 Å². The lowest BCUT2D eigenvalue weighted by molar-refractivity contribution is 0.268. The summed E-state index contributed by atoms with van der Waals surface area (Å²) in [6.07, 6.45) is 0. The maximum Gasteiger partial charge on any atom is 0.397 e. The molecule has 0 spiro atoms. The first-order valence-electron chi connectivity index (χ1n) is 2.11. The van der Waals surface area contributed by atoms with Gasteiger partial charge >= 0.3 is 10.4 Å². The Morgan fingerprint density at radius 2 is 2.22 bits per heavy atom. The fraction of sp³-hybridized carbons (Fsp3) is 1.00. The minimum absolute atomic E-state index is 0.166. The molecule has 56 valence electrons. The lowest BCUT2D eigenvalue weighted by atomic mass is 10.7. The Balaban J connectivity index is 3.30. The molecule has 0 aromatic carbocycles. The first-order valence-corrected chi connectivity index (χ1v) is 3.48. The third-order valence-electron chi connectivity index (χ3n) is 0.479. The Bertz CT molecular complexity index is 152. The SMILES string of the molecule is NNCCOS(=O)(=O)O. The van der Waals surface area contributed by atoms with E-state index in [9.17, 15) is 8.42 Å². The van der Waals surface area contributed by atoms with Crippen LogP contribution >= 0.6 is 0 Å². The van der Waals surface area contributed by atoms with Gasteiger partial charge in [0, 0.05) is 6.54 Å². The highest BCUT2D eigenvalue weighted by molar-refractivity contribution is 7.80. The predicted octanol–water partition coefficient (Wildman–Crippen LogP) is -1.73. The van der Waals surface area contributed by atoms with Crippen molar-refractivity contribution in [2.24, 2.45) is 5.84 Å². The van der Waals surface area contributed by atoms with Crippen LogP contribution < -0.4 is 11.3 Å². The third-order valence-corrected chi connectivity index (χ3v) is 0.943. The predicted molar refractivity (Wildman–Crippen MR) is 29.7 cm³/mol. The second-order valence-electron chi connectivity index (χ2n) is 1.20. The molecular weight excluding hydrogens is 148 g/mol. The molecule has 0 unspecified atom stereocenters. The van der Waals surface area contributed by atoms with E-state index in [1.54, 1.807) is 0 Å². The van der Waals surface area contributed by atoms with Crippen molar-refractivity contribution < 1.29 is 17.2 Å². The van der Waals surface area contributed by atoms with Gasteiger partial charge < -0.3 is 0 Å². The van der Waals surface area contributed by atoms with Crippen LogP contribution in [-0.2, 0) is 14.6 Å². The summed E-state index contributed by atoms with van der Waals surface area (Å²) in [5.41, 5.74) is 2.14. The zero-order chi connectivity index (χ0) is 7.33. The van der Waals surface area contributed by atoms with Crippen LogP contribution in [0.25, 0.3) is 0 Å². The summed E-state index contributed by atoms with van der Waals surface area (Å²) in [7, 11) is -4.29. The minimum atomic E-state index is -4.29. The van der Waals surface area contributed by atoms with Crippen LogP contribution in [-0.4, -0.2) is 26.1 Å². The molecular formula is C2H8N2O4S. The van der Waals surface area contributed by atoms with E-state index in [1.165, 1.54) is 0 Å². The zero-order valence-corrected chi connectivity index (χ0v) is 5.39. The molecule has 0 amide bonds. The Kier molecular flexibility index (Phi) is 3.66. The fourth-order valence-electron chi connectivity index (χ4n) is 0.206. The minimum Gasteiger partial charge on any atom is -0.271 e. The van der Waals surface area contributed by atoms with E-state index in [-0.39, 0.29) is 13.2 Å². The summed E-state index contributed by atoms with van der Waals surface area (Å²) in [6.45, 7) is -0.00484. The fourth-order valence-corrected chi connectivity index (χ4v) is 0.500. The standard InChI is InChI=1S/C2H8N2O4S/c3-4-1-2-8-9(5,6)7/h4H,1-3H2,(H,5,6,7). The van der Waals surface area contributed by atoms with Crippen molar-refractivity contribution in [1.82, 2.24) is 5.43 Å². The second-order valence-corrected chi connectivity index (χ2v) is 2.29. The molecule has 0 aromatic rings. The Morgan fingerprint density at radius 3 is 2.56 bits per heavy atom. The van der Waals surface area contributed by atoms with E-state index in [2.05, 4.69) is 9.61 Å². The number of rotatable bonds is 4. The molecule has 0 aliphatic rings. The van der Waals surface area contributed by atoms with Gasteiger partial charge in [0.25, 0.3) is 0 Å². The van der Waals surface area contributed by atoms with E-state index >= 15 is 0 Å². The first kappa shape index (κ1) is 8.79. The van der Waals surface area contributed by atoms with Gasteiger partial charge in [0.05, 0.1) is 6.61 Å². The van der Waals surface area contributed by atoms with Gasteiger partial charge in [-0.2, -0.15) is 8.42 Å². The molecule has 0 aliphatic carbocycles. The molecule has 0 aromatic heterocycles. The van der Waals surface area contributed by atoms with Crippen molar-refractivity contribution in [3.8, 4) is 0 Å². The maximum atomic E-state index is 9.77. The van der Waals surface area contributed by atoms with Crippen molar-refractivity contribution in [3.63, 3.8) is 0 Å². The van der Waals surface area contributed by atoms with E-state index in [0.717, 1.165) is 0 Å². The summed E-state index contributed by atoms with van der Waals surface area (Å²) in [6, 6.07) is 0. The number of hydrazine groups is 1. The normalized spacial score (nSPS) is 11.8. The molecule has 4 N–H and O–H groups in total. The highest BCUT2D eigenvalue weighted by atomic mass is 32.3. The smallest absolute Gasteiger partial charge is 0.271 e. The van der Waals surface area contributed by atoms with Crippen LogP contribution in [0.15, 0.2) is 0 Å². The van der Waals surface area contributed by atoms with E-state index in [4.69, 9.17) is 10.4 Å². The monoisotopic (exact) mass is 156 g/mol. The van der Waals surface area contributed by atoms with Crippen molar-refractivity contribution in [3.05, 3.63) is 0 Å². The average molecular weight is 156 g/mol. The largest absolute Gasteiger partial charge is 0.397 e. The number of nitrogens with two attached hydrogens (primary N) is 1. The topological polar surface area (TPSA) is 102 Å². The molecule has 0 saturated carbocycles. The third kappa shape index (κ3) is 7.79. The van der Waals surface area contributed by atoms with Gasteiger partial charge in [-0.1, -0.05) is 0 Å². The van der Waals surface area contributed by atoms with Crippen LogP contribution in [0.2, 0.25) is 0 Å². The molecule has 6 nitrogen and oxygen atoms in total.